The molecule has 0 amide bonds. The Morgan fingerprint density at radius 2 is 1.64 bits per heavy atom. The largest absolute Gasteiger partial charge is 0.506 e. The van der Waals surface area contributed by atoms with E-state index in [4.69, 9.17) is 14.2 Å². The third-order valence-electron chi connectivity index (χ3n) is 10.2. The predicted octanol–water partition coefficient (Wildman–Crippen LogP) is 8.17. The van der Waals surface area contributed by atoms with E-state index in [-0.39, 0.29) is 28.8 Å². The Morgan fingerprint density at radius 3 is 2.30 bits per heavy atom. The number of Topliss-reactive ketones (excluding diaryl/α,β-unsaturated/α-hetero) is 2. The number of phenolic OH excluding ortho intramolecular Hbond substituents is 1. The summed E-state index contributed by atoms with van der Waals surface area (Å²) in [6, 6.07) is 0. The first-order valence-corrected chi connectivity index (χ1v) is 16.0. The van der Waals surface area contributed by atoms with Crippen molar-refractivity contribution in [1.29, 1.82) is 0 Å². The molecule has 1 N–H and O–H groups in total. The second-order valence-electron chi connectivity index (χ2n) is 14.9. The minimum Gasteiger partial charge on any atom is -0.506 e. The molecule has 1 aromatic rings. The minimum absolute atomic E-state index is 0.0316. The molecule has 6 aliphatic rings. The van der Waals surface area contributed by atoms with Crippen molar-refractivity contribution < 1.29 is 28.9 Å². The Kier molecular flexibility index (Phi) is 7.01. The Labute approximate surface area is 261 Å². The van der Waals surface area contributed by atoms with E-state index >= 15 is 0 Å². The van der Waals surface area contributed by atoms with E-state index in [1.807, 2.05) is 66.7 Å². The highest BCUT2D eigenvalue weighted by Crippen LogP contribution is 2.68. The van der Waals surface area contributed by atoms with Crippen LogP contribution in [0.15, 0.2) is 52.7 Å². The van der Waals surface area contributed by atoms with Crippen molar-refractivity contribution in [1.82, 2.24) is 0 Å². The number of benzene rings is 1. The topological polar surface area (TPSA) is 82.1 Å². The molecule has 6 heteroatoms. The zero-order valence-corrected chi connectivity index (χ0v) is 27.6. The van der Waals surface area contributed by atoms with Crippen molar-refractivity contribution >= 4 is 17.6 Å². The van der Waals surface area contributed by atoms with Gasteiger partial charge in [0.05, 0.1) is 11.2 Å². The van der Waals surface area contributed by atoms with Crippen molar-refractivity contribution in [2.24, 2.45) is 11.8 Å². The first-order valence-electron chi connectivity index (χ1n) is 16.0. The van der Waals surface area contributed by atoms with Gasteiger partial charge in [0.15, 0.2) is 22.8 Å². The van der Waals surface area contributed by atoms with Crippen LogP contribution in [0.2, 0.25) is 0 Å². The second-order valence-corrected chi connectivity index (χ2v) is 14.9. The summed E-state index contributed by atoms with van der Waals surface area (Å²) in [5, 5.41) is 11.8. The van der Waals surface area contributed by atoms with Crippen LogP contribution in [0.3, 0.4) is 0 Å². The van der Waals surface area contributed by atoms with Gasteiger partial charge < -0.3 is 19.3 Å². The summed E-state index contributed by atoms with van der Waals surface area (Å²) >= 11 is 0. The lowest BCUT2D eigenvalue weighted by Crippen LogP contribution is -2.72. The standard InChI is InChI=1S/C38H46O6/c1-21(2)11-10-16-36(9)17-15-25-30(39)29-31(40)27-19-24-20-28-35(7,8)44-37(34(24)41,18-14-23(5)6)38(27,28)43-33(29)26(32(25)42-36)13-12-22(3)4/h11-12,14-15,17,19,24,28,39H,10,13,16,18,20H2,1-9H3/t24-,28+,36-,37+,38-/m1/s1. The Morgan fingerprint density at radius 1 is 0.955 bits per heavy atom. The number of aromatic hydroxyl groups is 1. The lowest BCUT2D eigenvalue weighted by molar-refractivity contribution is -0.171. The summed E-state index contributed by atoms with van der Waals surface area (Å²) in [5.74, 6) is -0.296. The molecule has 0 aromatic heterocycles. The quantitative estimate of drug-likeness (QED) is 0.319. The van der Waals surface area contributed by atoms with Gasteiger partial charge in [-0.1, -0.05) is 41.0 Å². The molecule has 6 nitrogen and oxygen atoms in total. The lowest BCUT2D eigenvalue weighted by Gasteiger charge is -2.56. The van der Waals surface area contributed by atoms with Crippen molar-refractivity contribution in [3.63, 3.8) is 0 Å². The number of phenols is 1. The molecule has 3 aliphatic heterocycles. The molecule has 3 aliphatic carbocycles. The average molecular weight is 599 g/mol. The molecule has 7 rings (SSSR count). The molecule has 1 aromatic carbocycles. The third kappa shape index (κ3) is 4.23. The van der Waals surface area contributed by atoms with Gasteiger partial charge in [-0.15, -0.1) is 0 Å². The van der Waals surface area contributed by atoms with Gasteiger partial charge in [-0.2, -0.15) is 0 Å². The van der Waals surface area contributed by atoms with Gasteiger partial charge in [0.2, 0.25) is 0 Å². The van der Waals surface area contributed by atoms with E-state index in [0.29, 0.717) is 47.5 Å². The summed E-state index contributed by atoms with van der Waals surface area (Å²) in [6.45, 7) is 18.3. The smallest absolute Gasteiger partial charge is 0.200 e. The molecular weight excluding hydrogens is 552 g/mol. The summed E-state index contributed by atoms with van der Waals surface area (Å²) in [7, 11) is 0. The molecule has 2 fully saturated rings. The summed E-state index contributed by atoms with van der Waals surface area (Å²) < 4.78 is 20.8. The van der Waals surface area contributed by atoms with Crippen LogP contribution in [0.4, 0.5) is 0 Å². The van der Waals surface area contributed by atoms with Gasteiger partial charge in [0.1, 0.15) is 28.4 Å². The highest BCUT2D eigenvalue weighted by atomic mass is 16.6. The summed E-state index contributed by atoms with van der Waals surface area (Å²) in [5.41, 5.74) is 1.22. The monoisotopic (exact) mass is 598 g/mol. The average Bonchev–Trinajstić information content (AvgIpc) is 3.08. The fraction of sp³-hybridized carbons (Fsp3) is 0.526. The molecule has 1 saturated carbocycles. The number of ketones is 2. The molecule has 0 radical (unpaired) electrons. The molecule has 1 spiro atoms. The van der Waals surface area contributed by atoms with Crippen molar-refractivity contribution in [3.05, 3.63) is 69.4 Å². The lowest BCUT2D eigenvalue weighted by atomic mass is 9.51. The van der Waals surface area contributed by atoms with E-state index in [9.17, 15) is 14.7 Å². The van der Waals surface area contributed by atoms with Crippen LogP contribution < -0.4 is 9.47 Å². The van der Waals surface area contributed by atoms with E-state index in [1.165, 1.54) is 5.57 Å². The predicted molar refractivity (Wildman–Crippen MR) is 172 cm³/mol. The van der Waals surface area contributed by atoms with Gasteiger partial charge >= 0.3 is 0 Å². The molecule has 44 heavy (non-hydrogen) atoms. The fourth-order valence-electron chi connectivity index (χ4n) is 8.14. The number of hydrogen-bond donors (Lipinski definition) is 1. The highest BCUT2D eigenvalue weighted by Gasteiger charge is 2.81. The van der Waals surface area contributed by atoms with E-state index in [1.54, 1.807) is 6.08 Å². The van der Waals surface area contributed by atoms with Gasteiger partial charge in [-0.05, 0) is 100 Å². The van der Waals surface area contributed by atoms with Gasteiger partial charge in [-0.25, -0.2) is 0 Å². The number of carbonyl (C=O) groups is 2. The molecule has 1 saturated heterocycles. The second kappa shape index (κ2) is 10.1. The molecule has 0 unspecified atom stereocenters. The third-order valence-corrected chi connectivity index (χ3v) is 10.2. The molecule has 234 valence electrons. The van der Waals surface area contributed by atoms with Crippen LogP contribution in [-0.2, 0) is 16.0 Å². The van der Waals surface area contributed by atoms with Gasteiger partial charge in [0.25, 0.3) is 0 Å². The van der Waals surface area contributed by atoms with Crippen LogP contribution in [0.5, 0.6) is 17.2 Å². The summed E-state index contributed by atoms with van der Waals surface area (Å²) in [6.07, 6.45) is 14.9. The maximum atomic E-state index is 14.7. The number of ether oxygens (including phenoxy) is 3. The van der Waals surface area contributed by atoms with Crippen molar-refractivity contribution in [3.8, 4) is 17.2 Å². The number of allylic oxidation sites excluding steroid dienone is 6. The normalized spacial score (nSPS) is 31.6. The zero-order chi connectivity index (χ0) is 32.0. The maximum absolute atomic E-state index is 14.7. The first-order chi connectivity index (χ1) is 20.6. The van der Waals surface area contributed by atoms with Crippen LogP contribution in [0, 0.1) is 11.8 Å². The Hall–Kier alpha value is -3.38. The van der Waals surface area contributed by atoms with Gasteiger partial charge in [-0.3, -0.25) is 9.59 Å². The molecule has 5 atom stereocenters. The number of carbonyl (C=O) groups excluding carboxylic acids is 2. The fourth-order valence-corrected chi connectivity index (χ4v) is 8.14. The minimum atomic E-state index is -1.35. The zero-order valence-electron chi connectivity index (χ0n) is 27.6. The summed E-state index contributed by atoms with van der Waals surface area (Å²) in [4.78, 5) is 29.0. The molecule has 3 heterocycles. The number of fused-ring (bicyclic) bond motifs is 2. The number of hydrogen-bond acceptors (Lipinski definition) is 6. The first kappa shape index (κ1) is 30.6. The Bertz CT molecular complexity index is 1620. The van der Waals surface area contributed by atoms with Crippen molar-refractivity contribution in [2.45, 2.75) is 117 Å². The maximum Gasteiger partial charge on any atom is 0.200 e. The Balaban J connectivity index is 1.59. The molecule has 4 bridgehead atoms. The highest BCUT2D eigenvalue weighted by molar-refractivity contribution is 6.19. The van der Waals surface area contributed by atoms with E-state index in [2.05, 4.69) is 26.0 Å². The van der Waals surface area contributed by atoms with E-state index < -0.39 is 28.3 Å². The van der Waals surface area contributed by atoms with Crippen LogP contribution in [0.25, 0.3) is 6.08 Å². The SMILES string of the molecule is CC(C)=CCC[C@]1(C)C=Cc2c(O)c3c(c(CC=C(C)C)c2O1)O[C@]12C(=C[C@@H]4C[C@H]1C(C)(C)O[C@@]2(CC=C(C)C)C4=O)C3=O. The van der Waals surface area contributed by atoms with E-state index in [0.717, 1.165) is 24.0 Å². The van der Waals surface area contributed by atoms with Gasteiger partial charge in [0, 0.05) is 29.4 Å². The molecular formula is C38H46O6. The van der Waals surface area contributed by atoms with Crippen LogP contribution in [0.1, 0.15) is 109 Å². The van der Waals surface area contributed by atoms with Crippen LogP contribution in [-0.4, -0.2) is 39.1 Å². The van der Waals surface area contributed by atoms with Crippen LogP contribution >= 0.6 is 0 Å². The number of rotatable bonds is 7. The van der Waals surface area contributed by atoms with Crippen molar-refractivity contribution in [2.75, 3.05) is 0 Å².